The second-order valence-corrected chi connectivity index (χ2v) is 32.5. The molecule has 1 aliphatic rings. The molecule has 4 aromatic rings. The van der Waals surface area contributed by atoms with Gasteiger partial charge in [0.2, 0.25) is 0 Å². The van der Waals surface area contributed by atoms with Gasteiger partial charge in [-0.2, -0.15) is 0 Å². The number of hydrogen-bond acceptors (Lipinski definition) is 10. The van der Waals surface area contributed by atoms with Crippen LogP contribution in [-0.2, 0) is 40.3 Å². The predicted molar refractivity (Wildman–Crippen MR) is 264 cm³/mol. The molecule has 5 rings (SSSR count). The van der Waals surface area contributed by atoms with Crippen LogP contribution in [0, 0.1) is 5.92 Å². The van der Waals surface area contributed by atoms with Crippen LogP contribution in [0.1, 0.15) is 79.6 Å². The molecule has 0 radical (unpaired) electrons. The summed E-state index contributed by atoms with van der Waals surface area (Å²) in [6.07, 6.45) is 4.69. The van der Waals surface area contributed by atoms with Gasteiger partial charge in [-0.1, -0.05) is 81.9 Å². The van der Waals surface area contributed by atoms with E-state index in [2.05, 4.69) is 95.9 Å². The van der Waals surface area contributed by atoms with E-state index in [9.17, 15) is 14.4 Å². The number of Topliss-reactive ketones (excluding diaryl/α,β-unsaturated/α-hetero) is 1. The molecular formula is C42H59I4N6O5S2-. The molecule has 2 N–H and O–H groups in total. The molecule has 17 heteroatoms. The Kier molecular flexibility index (Phi) is 28.1. The number of alkyl carbamates (subject to hydrolysis) is 1. The van der Waals surface area contributed by atoms with Crippen molar-refractivity contribution in [3.63, 3.8) is 0 Å². The van der Waals surface area contributed by atoms with Gasteiger partial charge in [0.25, 0.3) is 0 Å². The molecule has 3 atom stereocenters. The van der Waals surface area contributed by atoms with Crippen molar-refractivity contribution < 1.29 is 37.1 Å². The Morgan fingerprint density at radius 3 is 2.19 bits per heavy atom. The summed E-state index contributed by atoms with van der Waals surface area (Å²) in [5.41, 5.74) is 4.80. The fourth-order valence-corrected chi connectivity index (χ4v) is 7.89. The van der Waals surface area contributed by atoms with E-state index in [0.29, 0.717) is 84.0 Å². The number of ether oxygens (including phenoxy) is 2. The Balaban J connectivity index is 0.00000233. The van der Waals surface area contributed by atoms with Gasteiger partial charge in [0.15, 0.2) is 5.78 Å². The molecule has 2 aromatic heterocycles. The van der Waals surface area contributed by atoms with E-state index in [1.165, 1.54) is 11.3 Å². The molecule has 2 aromatic carbocycles. The van der Waals surface area contributed by atoms with Gasteiger partial charge in [0.1, 0.15) is 6.61 Å². The van der Waals surface area contributed by atoms with Gasteiger partial charge in [0, 0.05) is 56.6 Å². The van der Waals surface area contributed by atoms with Crippen LogP contribution in [-0.4, -0.2) is 89.7 Å². The summed E-state index contributed by atoms with van der Waals surface area (Å²) in [6, 6.07) is 19.1. The van der Waals surface area contributed by atoms with Crippen LogP contribution in [0.2, 0.25) is 0 Å². The average Bonchev–Trinajstić information content (AvgIpc) is 3.92. The third-order valence-electron chi connectivity index (χ3n) is 9.59. The number of morpholine rings is 1. The molecule has 1 saturated heterocycles. The van der Waals surface area contributed by atoms with Gasteiger partial charge >= 0.3 is 62.6 Å². The van der Waals surface area contributed by atoms with Crippen molar-refractivity contribution in [1.29, 1.82) is 0 Å². The van der Waals surface area contributed by atoms with Crippen LogP contribution in [0.15, 0.2) is 77.8 Å². The number of hydrogen-bond donors (Lipinski definition) is 2. The van der Waals surface area contributed by atoms with Crippen molar-refractivity contribution >= 4 is 102 Å². The van der Waals surface area contributed by atoms with Crippen molar-refractivity contribution in [3.05, 3.63) is 104 Å². The number of nitrogens with zero attached hydrogens (tertiary/aromatic N) is 4. The fraction of sp³-hybridized carbons (Fsp3) is 0.500. The number of halogens is 4. The Bertz CT molecular complexity index is 1740. The van der Waals surface area contributed by atoms with Crippen molar-refractivity contribution in [2.45, 2.75) is 91.0 Å². The summed E-state index contributed by atoms with van der Waals surface area (Å²) in [5, 5.41) is 9.24. The van der Waals surface area contributed by atoms with Gasteiger partial charge in [-0.05, 0) is 49.1 Å². The maximum atomic E-state index is 14.3. The van der Waals surface area contributed by atoms with E-state index in [0.717, 1.165) is 39.8 Å². The van der Waals surface area contributed by atoms with E-state index >= 15 is 0 Å². The zero-order valence-electron chi connectivity index (χ0n) is 33.2. The van der Waals surface area contributed by atoms with Crippen LogP contribution in [0.3, 0.4) is 0 Å². The third-order valence-corrected chi connectivity index (χ3v) is 11.5. The summed E-state index contributed by atoms with van der Waals surface area (Å²) < 4.78 is 11.1. The molecular weight excluding hydrogens is 1240 g/mol. The fourth-order valence-electron chi connectivity index (χ4n) is 6.55. The Morgan fingerprint density at radius 2 is 1.59 bits per heavy atom. The molecule has 59 heavy (non-hydrogen) atoms. The number of urea groups is 1. The molecule has 3 heterocycles. The molecule has 0 spiro atoms. The minimum absolute atomic E-state index is 0. The zero-order chi connectivity index (χ0) is 40.8. The summed E-state index contributed by atoms with van der Waals surface area (Å²) >= 11 is 8.34. The van der Waals surface area contributed by atoms with Crippen LogP contribution < -0.4 is 23.9 Å². The average molecular weight is 1300 g/mol. The van der Waals surface area contributed by atoms with E-state index in [1.807, 2.05) is 41.8 Å². The number of rotatable bonds is 20. The first-order chi connectivity index (χ1) is 27.6. The van der Waals surface area contributed by atoms with Crippen LogP contribution in [0.5, 0.6) is 0 Å². The molecule has 0 unspecified atom stereocenters. The monoisotopic (exact) mass is 1300 g/mol. The molecule has 1 aliphatic heterocycles. The molecule has 1 fully saturated rings. The Morgan fingerprint density at radius 1 is 0.949 bits per heavy atom. The normalized spacial score (nSPS) is 14.1. The van der Waals surface area contributed by atoms with E-state index in [4.69, 9.17) is 14.5 Å². The van der Waals surface area contributed by atoms with Crippen molar-refractivity contribution in [2.24, 2.45) is 5.92 Å². The van der Waals surface area contributed by atoms with Crippen molar-refractivity contribution in [2.75, 3.05) is 39.9 Å². The standard InChI is InChI=1S/C41H54N6O5S2.CH4.I3.HI/c1-30(2)39-43-35(28-53-39)26-46(3)40(49)45-37(16-17-47-18-20-51-21-19-47)38(48)24-33(22-31-10-6-4-7-11-31)14-15-34(23-32-12-8-5-9-13-32)44-41(50)52-27-36-25-42-29-54-36;;1-3-2;/h4-13,25,28-30,33-34,37H,14-24,26-27H2,1-3H3,(H,44,50)(H,45,49);1H4;;1H/q;;-1;/t33-,34-,37+;;;/m1.../s1. The van der Waals surface area contributed by atoms with Crippen molar-refractivity contribution in [1.82, 2.24) is 30.4 Å². The van der Waals surface area contributed by atoms with E-state index < -0.39 is 12.1 Å². The molecule has 3 amide bonds. The van der Waals surface area contributed by atoms with Crippen LogP contribution in [0.4, 0.5) is 9.59 Å². The summed E-state index contributed by atoms with van der Waals surface area (Å²) in [5.74, 6) is 0.317. The molecule has 0 saturated carbocycles. The quantitative estimate of drug-likeness (QED) is 0.0898. The number of nitrogens with one attached hydrogen (secondary N) is 2. The number of carbonyl (C=O) groups is 3. The second kappa shape index (κ2) is 30.7. The first-order valence-corrected chi connectivity index (χ1v) is 33.5. The minimum atomic E-state index is -0.650. The number of benzene rings is 2. The Hall–Kier alpha value is -1.25. The molecule has 328 valence electrons. The van der Waals surface area contributed by atoms with Crippen molar-refractivity contribution in [3.8, 4) is 0 Å². The third kappa shape index (κ3) is 21.1. The number of thiazole rings is 2. The molecule has 11 nitrogen and oxygen atoms in total. The number of ketones is 1. The van der Waals surface area contributed by atoms with Gasteiger partial charge in [-0.15, -0.1) is 46.7 Å². The maximum absolute atomic E-state index is 14.3. The first-order valence-electron chi connectivity index (χ1n) is 19.2. The van der Waals surface area contributed by atoms with Crippen LogP contribution in [0.25, 0.3) is 0 Å². The SMILES string of the molecule is C.CC(C)c1nc(CN(C)C(=O)N[C@@H](CCN2CCOCC2)C(=O)C[C@H](CC[C@H](Cc2ccccc2)NC(=O)OCc2cncs2)Cc2ccccc2)cs1.I.I[I-]I. The number of carbonyl (C=O) groups excluding carboxylic acids is 3. The topological polar surface area (TPSA) is 126 Å². The Labute approximate surface area is 406 Å². The zero-order valence-corrected chi connectivity index (χ0v) is 43.6. The molecule has 0 aliphatic carbocycles. The van der Waals surface area contributed by atoms with Gasteiger partial charge in [0.05, 0.1) is 46.9 Å². The predicted octanol–water partition coefficient (Wildman–Crippen LogP) is 7.12. The van der Waals surface area contributed by atoms with Gasteiger partial charge in [-0.3, -0.25) is 14.7 Å². The summed E-state index contributed by atoms with van der Waals surface area (Å²) in [6.45, 7) is 8.34. The van der Waals surface area contributed by atoms with Crippen LogP contribution >= 0.6 is 83.9 Å². The second-order valence-electron chi connectivity index (χ2n) is 14.4. The first kappa shape index (κ1) is 53.9. The summed E-state index contributed by atoms with van der Waals surface area (Å²) in [4.78, 5) is 54.5. The summed E-state index contributed by atoms with van der Waals surface area (Å²) in [7, 11) is 1.74. The van der Waals surface area contributed by atoms with E-state index in [-0.39, 0.29) is 61.8 Å². The van der Waals surface area contributed by atoms with Gasteiger partial charge < -0.3 is 25.0 Å². The number of aromatic nitrogens is 2. The van der Waals surface area contributed by atoms with E-state index in [1.54, 1.807) is 35.0 Å². The molecule has 0 bridgehead atoms. The van der Waals surface area contributed by atoms with Gasteiger partial charge in [-0.25, -0.2) is 14.6 Å². The number of amides is 3.